The van der Waals surface area contributed by atoms with Crippen LogP contribution in [0, 0.1) is 17.3 Å². The average Bonchev–Trinajstić information content (AvgIpc) is 2.94. The molecule has 0 aliphatic carbocycles. The molecule has 0 N–H and O–H groups in total. The minimum absolute atomic E-state index is 0.0195. The number of benzene rings is 2. The van der Waals surface area contributed by atoms with Crippen LogP contribution in [0.5, 0.6) is 0 Å². The molecule has 0 atom stereocenters. The van der Waals surface area contributed by atoms with Gasteiger partial charge in [0.1, 0.15) is 0 Å². The second kappa shape index (κ2) is 13.8. The van der Waals surface area contributed by atoms with Crippen molar-refractivity contribution < 1.29 is 27.5 Å². The van der Waals surface area contributed by atoms with E-state index in [1.165, 1.54) is 12.1 Å². The van der Waals surface area contributed by atoms with E-state index in [-0.39, 0.29) is 16.2 Å². The van der Waals surface area contributed by atoms with Gasteiger partial charge in [0.25, 0.3) is 0 Å². The van der Waals surface area contributed by atoms with E-state index < -0.39 is 39.0 Å². The Labute approximate surface area is 226 Å². The summed E-state index contributed by atoms with van der Waals surface area (Å²) in [5, 5.41) is 0. The highest BCUT2D eigenvalue weighted by Gasteiger charge is 2.50. The van der Waals surface area contributed by atoms with Crippen LogP contribution in [0.25, 0.3) is 0 Å². The number of unbranched alkanes of at least 4 members (excludes halogenated alkanes) is 2. The Morgan fingerprint density at radius 3 is 1.97 bits per heavy atom. The van der Waals surface area contributed by atoms with Crippen LogP contribution in [0.1, 0.15) is 58.4 Å². The van der Waals surface area contributed by atoms with Crippen molar-refractivity contribution in [2.75, 3.05) is 14.2 Å². The monoisotopic (exact) mass is 536 g/mol. The second-order valence-electron chi connectivity index (χ2n) is 9.49. The van der Waals surface area contributed by atoms with Crippen molar-refractivity contribution in [1.82, 2.24) is 0 Å². The molecule has 0 unspecified atom stereocenters. The van der Waals surface area contributed by atoms with Gasteiger partial charge in [0, 0.05) is 24.7 Å². The molecule has 0 amide bonds. The van der Waals surface area contributed by atoms with Crippen molar-refractivity contribution in [3.05, 3.63) is 82.9 Å². The number of carbonyl (C=O) groups excluding carboxylic acids is 2. The van der Waals surface area contributed by atoms with Crippen LogP contribution < -0.4 is 0 Å². The Balaban J connectivity index is 2.77. The summed E-state index contributed by atoms with van der Waals surface area (Å²) < 4.78 is 37.7. The van der Waals surface area contributed by atoms with Gasteiger partial charge >= 0.3 is 11.9 Å². The summed E-state index contributed by atoms with van der Waals surface area (Å²) in [6.45, 7) is 5.88. The fourth-order valence-electron chi connectivity index (χ4n) is 3.84. The molecule has 6 nitrogen and oxygen atoms in total. The Morgan fingerprint density at radius 1 is 0.895 bits per heavy atom. The molecule has 0 saturated heterocycles. The van der Waals surface area contributed by atoms with Crippen molar-refractivity contribution >= 4 is 21.8 Å². The Hall–Kier alpha value is -3.59. The molecule has 2 aromatic carbocycles. The zero-order chi connectivity index (χ0) is 28.2. The third-order valence-corrected chi connectivity index (χ3v) is 8.08. The largest absolute Gasteiger partial charge is 0.468 e. The van der Waals surface area contributed by atoms with E-state index in [0.717, 1.165) is 32.6 Å². The SMILES string of the molecule is CCCCC#CCC(CC(=C=CC(C)(C)c1ccccc1)S(=O)(=O)c1ccccc1)(C(=O)OC)C(=O)OC. The first-order valence-electron chi connectivity index (χ1n) is 12.5. The van der Waals surface area contributed by atoms with Gasteiger partial charge in [-0.25, -0.2) is 8.42 Å². The molecule has 0 radical (unpaired) electrons. The molecule has 0 aliphatic heterocycles. The third kappa shape index (κ3) is 7.47. The molecule has 0 bridgehead atoms. The number of rotatable bonds is 11. The quantitative estimate of drug-likeness (QED) is 0.119. The van der Waals surface area contributed by atoms with Crippen LogP contribution in [-0.2, 0) is 34.3 Å². The number of hydrogen-bond acceptors (Lipinski definition) is 6. The predicted octanol–water partition coefficient (Wildman–Crippen LogP) is 5.78. The molecular formula is C31H36O6S. The van der Waals surface area contributed by atoms with Gasteiger partial charge in [-0.3, -0.25) is 9.59 Å². The molecule has 2 aromatic rings. The predicted molar refractivity (Wildman–Crippen MR) is 148 cm³/mol. The van der Waals surface area contributed by atoms with E-state index in [1.807, 2.05) is 51.1 Å². The Bertz CT molecular complexity index is 1310. The van der Waals surface area contributed by atoms with Gasteiger partial charge in [-0.2, -0.15) is 0 Å². The lowest BCUT2D eigenvalue weighted by atomic mass is 9.80. The summed E-state index contributed by atoms with van der Waals surface area (Å²) in [6.07, 6.45) is 3.26. The molecule has 0 saturated carbocycles. The van der Waals surface area contributed by atoms with Gasteiger partial charge in [-0.05, 0) is 30.2 Å². The molecule has 0 heterocycles. The maximum absolute atomic E-state index is 13.8. The van der Waals surface area contributed by atoms with Crippen LogP contribution in [0.4, 0.5) is 0 Å². The third-order valence-electron chi connectivity index (χ3n) is 6.27. The van der Waals surface area contributed by atoms with E-state index in [9.17, 15) is 18.0 Å². The smallest absolute Gasteiger partial charge is 0.324 e. The van der Waals surface area contributed by atoms with E-state index in [2.05, 4.69) is 17.6 Å². The molecule has 38 heavy (non-hydrogen) atoms. The lowest BCUT2D eigenvalue weighted by Crippen LogP contribution is -2.42. The van der Waals surface area contributed by atoms with Crippen molar-refractivity contribution in [3.8, 4) is 11.8 Å². The fraction of sp³-hybridized carbons (Fsp3) is 0.387. The lowest BCUT2D eigenvalue weighted by Gasteiger charge is -2.27. The van der Waals surface area contributed by atoms with Crippen LogP contribution in [0.3, 0.4) is 0 Å². The number of hydrogen-bond donors (Lipinski definition) is 0. The van der Waals surface area contributed by atoms with E-state index in [0.29, 0.717) is 6.42 Å². The van der Waals surface area contributed by atoms with E-state index in [4.69, 9.17) is 9.47 Å². The highest BCUT2D eigenvalue weighted by molar-refractivity contribution is 7.95. The molecule has 2 rings (SSSR count). The summed E-state index contributed by atoms with van der Waals surface area (Å²) in [7, 11) is -1.86. The van der Waals surface area contributed by atoms with Gasteiger partial charge in [0.05, 0.1) is 24.0 Å². The van der Waals surface area contributed by atoms with Gasteiger partial charge in [-0.1, -0.05) is 75.7 Å². The molecule has 7 heteroatoms. The van der Waals surface area contributed by atoms with Gasteiger partial charge < -0.3 is 9.47 Å². The molecular weight excluding hydrogens is 500 g/mol. The van der Waals surface area contributed by atoms with Gasteiger partial charge in [0.15, 0.2) is 5.41 Å². The normalized spacial score (nSPS) is 11.4. The topological polar surface area (TPSA) is 86.7 Å². The highest BCUT2D eigenvalue weighted by Crippen LogP contribution is 2.37. The Morgan fingerprint density at radius 2 is 1.45 bits per heavy atom. The summed E-state index contributed by atoms with van der Waals surface area (Å²) in [4.78, 5) is 26.1. The maximum atomic E-state index is 13.8. The van der Waals surface area contributed by atoms with Gasteiger partial charge in [0.2, 0.25) is 9.84 Å². The minimum atomic E-state index is -4.15. The van der Waals surface area contributed by atoms with Crippen LogP contribution in [0.2, 0.25) is 0 Å². The van der Waals surface area contributed by atoms with Crippen LogP contribution in [-0.4, -0.2) is 34.6 Å². The summed E-state index contributed by atoms with van der Waals surface area (Å²) >= 11 is 0. The molecule has 0 aromatic heterocycles. The number of ether oxygens (including phenoxy) is 2. The molecule has 0 spiro atoms. The number of esters is 2. The first kappa shape index (κ1) is 30.6. The highest BCUT2D eigenvalue weighted by atomic mass is 32.2. The molecule has 202 valence electrons. The summed E-state index contributed by atoms with van der Waals surface area (Å²) in [5.41, 5.74) is 1.32. The van der Waals surface area contributed by atoms with Crippen molar-refractivity contribution in [3.63, 3.8) is 0 Å². The van der Waals surface area contributed by atoms with Crippen molar-refractivity contribution in [1.29, 1.82) is 0 Å². The Kier molecular flexibility index (Phi) is 11.1. The van der Waals surface area contributed by atoms with E-state index in [1.54, 1.807) is 24.3 Å². The lowest BCUT2D eigenvalue weighted by molar-refractivity contribution is -0.168. The van der Waals surface area contributed by atoms with Crippen LogP contribution >= 0.6 is 0 Å². The van der Waals surface area contributed by atoms with Crippen molar-refractivity contribution in [2.24, 2.45) is 5.41 Å². The minimum Gasteiger partial charge on any atom is -0.468 e. The first-order valence-corrected chi connectivity index (χ1v) is 14.0. The fourth-order valence-corrected chi connectivity index (χ4v) is 5.29. The molecule has 0 fully saturated rings. The number of sulfone groups is 1. The van der Waals surface area contributed by atoms with E-state index >= 15 is 0 Å². The van der Waals surface area contributed by atoms with Crippen LogP contribution in [0.15, 0.2) is 82.3 Å². The zero-order valence-electron chi connectivity index (χ0n) is 22.7. The summed E-state index contributed by atoms with van der Waals surface area (Å²) in [6, 6.07) is 17.4. The van der Waals surface area contributed by atoms with Gasteiger partial charge in [-0.15, -0.1) is 17.6 Å². The average molecular weight is 537 g/mol. The molecule has 0 aliphatic rings. The zero-order valence-corrected chi connectivity index (χ0v) is 23.6. The maximum Gasteiger partial charge on any atom is 0.324 e. The first-order chi connectivity index (χ1) is 18.0. The number of methoxy groups -OCH3 is 2. The number of carbonyl (C=O) groups is 2. The standard InChI is InChI=1S/C31H36O6S/c1-6-7-8-9-16-22-31(28(32)36-4,29(33)37-5)24-27(38(34,35)26-19-14-11-15-20-26)21-23-30(2,3)25-17-12-10-13-18-25/h10-15,17-20,23H,6-8,22,24H2,1-5H3. The second-order valence-corrected chi connectivity index (χ2v) is 11.5. The van der Waals surface area contributed by atoms with Crippen molar-refractivity contribution in [2.45, 2.75) is 63.2 Å². The number of allylic oxidation sites excluding steroid dienone is 1. The summed E-state index contributed by atoms with van der Waals surface area (Å²) in [5.74, 6) is 4.02.